The van der Waals surface area contributed by atoms with E-state index in [1.165, 1.54) is 37.1 Å². The van der Waals surface area contributed by atoms with E-state index < -0.39 is 5.25 Å². The van der Waals surface area contributed by atoms with Crippen LogP contribution in [0.3, 0.4) is 0 Å². The van der Waals surface area contributed by atoms with E-state index >= 15 is 0 Å². The van der Waals surface area contributed by atoms with Crippen LogP contribution in [0.4, 0.5) is 5.69 Å². The summed E-state index contributed by atoms with van der Waals surface area (Å²) in [4.78, 5) is 31.0. The number of methoxy groups -OCH3 is 1. The first kappa shape index (κ1) is 18.0. The molecule has 0 spiro atoms. The minimum atomic E-state index is -0.417. The molecule has 1 amide bonds. The molecule has 0 aliphatic carbocycles. The molecule has 1 atom stereocenters. The molecule has 3 N–H and O–H groups in total. The van der Waals surface area contributed by atoms with Gasteiger partial charge in [0.2, 0.25) is 5.91 Å². The highest BCUT2D eigenvalue weighted by molar-refractivity contribution is 8.00. The normalized spacial score (nSPS) is 11.9. The van der Waals surface area contributed by atoms with E-state index in [0.717, 1.165) is 0 Å². The number of aromatic nitrogens is 2. The number of anilines is 1. The van der Waals surface area contributed by atoms with Gasteiger partial charge in [-0.2, -0.15) is 0 Å². The standard InChI is InChI=1S/C16H19N3O4S/c1-3-13(15(22)17-10-4-6-12(20)7-5-10)24-16-18-11(9-23-2)8-14(21)19-16/h4-8,13,20H,3,9H2,1-2H3,(H,17,22)(H,18,19,21). The van der Waals surface area contributed by atoms with Crippen molar-refractivity contribution in [1.82, 2.24) is 9.97 Å². The van der Waals surface area contributed by atoms with Gasteiger partial charge in [-0.05, 0) is 30.7 Å². The molecule has 7 nitrogen and oxygen atoms in total. The van der Waals surface area contributed by atoms with Gasteiger partial charge in [0.25, 0.3) is 5.56 Å². The zero-order valence-electron chi connectivity index (χ0n) is 13.4. The van der Waals surface area contributed by atoms with Gasteiger partial charge >= 0.3 is 0 Å². The van der Waals surface area contributed by atoms with E-state index in [1.807, 2.05) is 6.92 Å². The Balaban J connectivity index is 2.09. The zero-order chi connectivity index (χ0) is 17.5. The maximum absolute atomic E-state index is 12.4. The first-order valence-electron chi connectivity index (χ1n) is 7.37. The molecular formula is C16H19N3O4S. The second-order valence-corrected chi connectivity index (χ2v) is 6.22. The predicted molar refractivity (Wildman–Crippen MR) is 92.2 cm³/mol. The fourth-order valence-electron chi connectivity index (χ4n) is 1.99. The number of aromatic amines is 1. The third-order valence-corrected chi connectivity index (χ3v) is 4.37. The van der Waals surface area contributed by atoms with Crippen molar-refractivity contribution in [1.29, 1.82) is 0 Å². The summed E-state index contributed by atoms with van der Waals surface area (Å²) in [5.74, 6) is -0.0702. The van der Waals surface area contributed by atoms with Gasteiger partial charge in [-0.25, -0.2) is 4.98 Å². The van der Waals surface area contributed by atoms with Crippen molar-refractivity contribution >= 4 is 23.4 Å². The highest BCUT2D eigenvalue weighted by Crippen LogP contribution is 2.23. The van der Waals surface area contributed by atoms with E-state index in [4.69, 9.17) is 4.74 Å². The van der Waals surface area contributed by atoms with Crippen molar-refractivity contribution in [3.63, 3.8) is 0 Å². The van der Waals surface area contributed by atoms with Gasteiger partial charge in [0.15, 0.2) is 5.16 Å². The smallest absolute Gasteiger partial charge is 0.251 e. The van der Waals surface area contributed by atoms with Crippen molar-refractivity contribution < 1.29 is 14.6 Å². The Bertz CT molecular complexity index is 746. The molecule has 2 rings (SSSR count). The van der Waals surface area contributed by atoms with Gasteiger partial charge in [0, 0.05) is 18.9 Å². The Kier molecular flexibility index (Phi) is 6.39. The molecule has 24 heavy (non-hydrogen) atoms. The quantitative estimate of drug-likeness (QED) is 0.402. The number of ether oxygens (including phenoxy) is 1. The van der Waals surface area contributed by atoms with Crippen LogP contribution in [0.25, 0.3) is 0 Å². The number of thioether (sulfide) groups is 1. The number of aromatic hydroxyl groups is 1. The molecule has 1 unspecified atom stereocenters. The fraction of sp³-hybridized carbons (Fsp3) is 0.312. The summed E-state index contributed by atoms with van der Waals surface area (Å²) in [6.45, 7) is 2.11. The van der Waals surface area contributed by atoms with Crippen LogP contribution < -0.4 is 10.9 Å². The summed E-state index contributed by atoms with van der Waals surface area (Å²) in [5, 5.41) is 12.0. The topological polar surface area (TPSA) is 104 Å². The molecule has 128 valence electrons. The molecule has 0 aliphatic rings. The maximum Gasteiger partial charge on any atom is 0.251 e. The lowest BCUT2D eigenvalue weighted by atomic mass is 10.2. The van der Waals surface area contributed by atoms with Crippen molar-refractivity contribution in [2.75, 3.05) is 12.4 Å². The Morgan fingerprint density at radius 1 is 1.42 bits per heavy atom. The average molecular weight is 349 g/mol. The summed E-state index contributed by atoms with van der Waals surface area (Å²) >= 11 is 1.19. The number of carbonyl (C=O) groups excluding carboxylic acids is 1. The molecule has 0 bridgehead atoms. The van der Waals surface area contributed by atoms with Crippen LogP contribution in [0.1, 0.15) is 19.0 Å². The third kappa shape index (κ3) is 5.10. The predicted octanol–water partition coefficient (Wildman–Crippen LogP) is 2.13. The molecule has 1 aromatic heterocycles. The van der Waals surface area contributed by atoms with Crippen LogP contribution >= 0.6 is 11.8 Å². The number of H-pyrrole nitrogens is 1. The highest BCUT2D eigenvalue weighted by atomic mass is 32.2. The number of phenolic OH excluding ortho intramolecular Hbond substituents is 1. The zero-order valence-corrected chi connectivity index (χ0v) is 14.2. The monoisotopic (exact) mass is 349 g/mol. The first-order valence-corrected chi connectivity index (χ1v) is 8.25. The molecule has 2 aromatic rings. The summed E-state index contributed by atoms with van der Waals surface area (Å²) in [7, 11) is 1.52. The summed E-state index contributed by atoms with van der Waals surface area (Å²) in [6.07, 6.45) is 0.562. The number of rotatable bonds is 7. The second kappa shape index (κ2) is 8.51. The molecule has 0 saturated heterocycles. The number of amides is 1. The number of phenols is 1. The van der Waals surface area contributed by atoms with Crippen LogP contribution in [0, 0.1) is 0 Å². The lowest BCUT2D eigenvalue weighted by molar-refractivity contribution is -0.115. The summed E-state index contributed by atoms with van der Waals surface area (Å²) in [5.41, 5.74) is 0.817. The third-order valence-electron chi connectivity index (χ3n) is 3.12. The molecule has 0 saturated carbocycles. The molecule has 0 fully saturated rings. The number of hydrogen-bond donors (Lipinski definition) is 3. The van der Waals surface area contributed by atoms with Gasteiger partial charge in [0.05, 0.1) is 17.6 Å². The minimum Gasteiger partial charge on any atom is -0.508 e. The SMILES string of the molecule is CCC(Sc1nc(COC)cc(=O)[nH]1)C(=O)Nc1ccc(O)cc1. The highest BCUT2D eigenvalue weighted by Gasteiger charge is 2.19. The number of nitrogens with one attached hydrogen (secondary N) is 2. The average Bonchev–Trinajstić information content (AvgIpc) is 2.54. The van der Waals surface area contributed by atoms with Crippen LogP contribution in [0.15, 0.2) is 40.3 Å². The Labute approximate surface area is 143 Å². The number of nitrogens with zero attached hydrogens (tertiary/aromatic N) is 1. The van der Waals surface area contributed by atoms with E-state index in [2.05, 4.69) is 15.3 Å². The Morgan fingerprint density at radius 2 is 2.12 bits per heavy atom. The van der Waals surface area contributed by atoms with Gasteiger partial charge in [-0.3, -0.25) is 9.59 Å². The maximum atomic E-state index is 12.4. The van der Waals surface area contributed by atoms with E-state index in [9.17, 15) is 14.7 Å². The number of hydrogen-bond acceptors (Lipinski definition) is 6. The van der Waals surface area contributed by atoms with Crippen LogP contribution in [-0.2, 0) is 16.1 Å². The molecule has 1 heterocycles. The number of carbonyl (C=O) groups is 1. The van der Waals surface area contributed by atoms with Crippen molar-refractivity contribution in [3.8, 4) is 5.75 Å². The number of benzene rings is 1. The fourth-order valence-corrected chi connectivity index (χ4v) is 2.92. The summed E-state index contributed by atoms with van der Waals surface area (Å²) < 4.78 is 4.98. The lowest BCUT2D eigenvalue weighted by Gasteiger charge is -2.14. The van der Waals surface area contributed by atoms with E-state index in [0.29, 0.717) is 23.0 Å². The Hall–Kier alpha value is -2.32. The molecular weight excluding hydrogens is 330 g/mol. The van der Waals surface area contributed by atoms with Crippen LogP contribution in [0.2, 0.25) is 0 Å². The van der Waals surface area contributed by atoms with Crippen LogP contribution in [0.5, 0.6) is 5.75 Å². The Morgan fingerprint density at radius 3 is 2.75 bits per heavy atom. The van der Waals surface area contributed by atoms with E-state index in [-0.39, 0.29) is 23.8 Å². The van der Waals surface area contributed by atoms with Crippen LogP contribution in [-0.4, -0.2) is 33.3 Å². The minimum absolute atomic E-state index is 0.131. The largest absolute Gasteiger partial charge is 0.508 e. The molecule has 0 aliphatic heterocycles. The first-order chi connectivity index (χ1) is 11.5. The van der Waals surface area contributed by atoms with Crippen molar-refractivity contribution in [2.24, 2.45) is 0 Å². The summed E-state index contributed by atoms with van der Waals surface area (Å²) in [6, 6.07) is 7.59. The van der Waals surface area contributed by atoms with Gasteiger partial charge in [-0.15, -0.1) is 0 Å². The second-order valence-electron chi connectivity index (χ2n) is 5.03. The molecule has 1 aromatic carbocycles. The van der Waals surface area contributed by atoms with Gasteiger partial charge < -0.3 is 20.1 Å². The molecule has 8 heteroatoms. The molecule has 0 radical (unpaired) electrons. The van der Waals surface area contributed by atoms with Gasteiger partial charge in [-0.1, -0.05) is 18.7 Å². The van der Waals surface area contributed by atoms with Gasteiger partial charge in [0.1, 0.15) is 5.75 Å². The van der Waals surface area contributed by atoms with Crippen molar-refractivity contribution in [3.05, 3.63) is 46.4 Å². The van der Waals surface area contributed by atoms with E-state index in [1.54, 1.807) is 12.1 Å². The van der Waals surface area contributed by atoms with Crippen molar-refractivity contribution in [2.45, 2.75) is 30.4 Å². The lowest BCUT2D eigenvalue weighted by Crippen LogP contribution is -2.25.